The molecule has 164 valence electrons. The molecule has 7 nitrogen and oxygen atoms in total. The van der Waals surface area contributed by atoms with Crippen LogP contribution in [-0.4, -0.2) is 34.5 Å². The molecule has 9 heteroatoms. The molecule has 1 aromatic carbocycles. The molecule has 0 unspecified atom stereocenters. The molecule has 2 aliphatic heterocycles. The Kier molecular flexibility index (Phi) is 5.81. The van der Waals surface area contributed by atoms with Gasteiger partial charge in [0.15, 0.2) is 0 Å². The van der Waals surface area contributed by atoms with Gasteiger partial charge in [-0.15, -0.1) is 24.8 Å². The number of para-hydroxylation sites is 1. The topological polar surface area (TPSA) is 89.2 Å². The molecule has 0 spiro atoms. The van der Waals surface area contributed by atoms with Crippen molar-refractivity contribution in [3.8, 4) is 0 Å². The number of benzene rings is 1. The van der Waals surface area contributed by atoms with E-state index in [0.29, 0.717) is 22.3 Å². The molecule has 0 fully saturated rings. The molecule has 5 heterocycles. The summed E-state index contributed by atoms with van der Waals surface area (Å²) in [6.45, 7) is 2.56. The lowest BCUT2D eigenvalue weighted by Crippen LogP contribution is -2.24. The van der Waals surface area contributed by atoms with Crippen molar-refractivity contribution < 1.29 is 14.0 Å². The Morgan fingerprint density at radius 3 is 2.62 bits per heavy atom. The Morgan fingerprint density at radius 1 is 0.969 bits per heavy atom. The molecular weight excluding hydrogens is 451 g/mol. The van der Waals surface area contributed by atoms with Crippen molar-refractivity contribution in [1.29, 1.82) is 0 Å². The molecule has 2 aliphatic rings. The van der Waals surface area contributed by atoms with Crippen LogP contribution in [0.4, 0.5) is 0 Å². The number of imide groups is 1. The van der Waals surface area contributed by atoms with Gasteiger partial charge in [0.25, 0.3) is 11.8 Å². The minimum atomic E-state index is -0.427. The molecule has 2 N–H and O–H groups in total. The fraction of sp³-hybridized carbons (Fsp3) is 0.174. The molecule has 0 saturated heterocycles. The summed E-state index contributed by atoms with van der Waals surface area (Å²) in [5.41, 5.74) is 4.88. The van der Waals surface area contributed by atoms with E-state index in [2.05, 4.69) is 26.3 Å². The van der Waals surface area contributed by atoms with Crippen LogP contribution in [0.2, 0.25) is 0 Å². The molecule has 0 radical (unpaired) electrons. The van der Waals surface area contributed by atoms with Crippen molar-refractivity contribution in [3.63, 3.8) is 0 Å². The van der Waals surface area contributed by atoms with Gasteiger partial charge in [0.1, 0.15) is 5.58 Å². The average Bonchev–Trinajstić information content (AvgIpc) is 3.41. The van der Waals surface area contributed by atoms with Gasteiger partial charge in [-0.05, 0) is 24.6 Å². The first-order chi connectivity index (χ1) is 14.7. The van der Waals surface area contributed by atoms with Crippen molar-refractivity contribution in [2.75, 3.05) is 13.1 Å². The molecule has 0 aliphatic carbocycles. The van der Waals surface area contributed by atoms with E-state index in [-0.39, 0.29) is 24.8 Å². The number of furan rings is 1. The summed E-state index contributed by atoms with van der Waals surface area (Å²) in [4.78, 5) is 30.1. The van der Waals surface area contributed by atoms with E-state index in [0.717, 1.165) is 47.9 Å². The third-order valence-corrected chi connectivity index (χ3v) is 5.91. The lowest BCUT2D eigenvalue weighted by molar-refractivity contribution is -0.122. The molecule has 2 amide bonds. The lowest BCUT2D eigenvalue weighted by atomic mass is 9.95. The quantitative estimate of drug-likeness (QED) is 0.438. The average molecular weight is 471 g/mol. The molecule has 6 rings (SSSR count). The zero-order chi connectivity index (χ0) is 20.2. The summed E-state index contributed by atoms with van der Waals surface area (Å²) in [6.07, 6.45) is 7.73. The first-order valence-electron chi connectivity index (χ1n) is 9.96. The standard InChI is InChI=1S/C23H18N4O3.2ClH/c28-22-18(16-11-25-10-14-5-9-30-21(14)16)19(23(29)26-22)17-12-27-8-7-24-6-4-13-2-1-3-15(17)20(13)27;;/h1-3,5,9-12,24H,4,6-8H2,(H,26,28,29);2*1H. The second-order valence-corrected chi connectivity index (χ2v) is 7.61. The highest BCUT2D eigenvalue weighted by molar-refractivity contribution is 6.50. The number of amides is 2. The van der Waals surface area contributed by atoms with Gasteiger partial charge in [0.2, 0.25) is 0 Å². The number of aromatic nitrogens is 2. The summed E-state index contributed by atoms with van der Waals surface area (Å²) in [6, 6.07) is 7.95. The van der Waals surface area contributed by atoms with Crippen LogP contribution < -0.4 is 10.6 Å². The number of nitrogens with zero attached hydrogens (tertiary/aromatic N) is 2. The Morgan fingerprint density at radius 2 is 1.78 bits per heavy atom. The molecule has 0 saturated carbocycles. The summed E-state index contributed by atoms with van der Waals surface area (Å²) >= 11 is 0. The molecule has 3 aromatic heterocycles. The Labute approximate surface area is 195 Å². The SMILES string of the molecule is Cl.Cl.O=C1NC(=O)C(c2cncc3ccoc23)=C1c1cn2c3c(cccc13)CCNCC2. The molecule has 0 atom stereocenters. The zero-order valence-corrected chi connectivity index (χ0v) is 18.5. The molecular formula is C23H20Cl2N4O3. The van der Waals surface area contributed by atoms with Crippen molar-refractivity contribution in [1.82, 2.24) is 20.2 Å². The van der Waals surface area contributed by atoms with Crippen LogP contribution in [0.25, 0.3) is 33.0 Å². The van der Waals surface area contributed by atoms with Gasteiger partial charge in [-0.1, -0.05) is 18.2 Å². The number of carbonyl (C=O) groups is 2. The van der Waals surface area contributed by atoms with Gasteiger partial charge in [0.05, 0.1) is 22.9 Å². The summed E-state index contributed by atoms with van der Waals surface area (Å²) in [5.74, 6) is -0.820. The number of fused-ring (bicyclic) bond motifs is 1. The highest BCUT2D eigenvalue weighted by Gasteiger charge is 2.35. The predicted octanol–water partition coefficient (Wildman–Crippen LogP) is 3.34. The van der Waals surface area contributed by atoms with Crippen LogP contribution in [0.3, 0.4) is 0 Å². The van der Waals surface area contributed by atoms with Gasteiger partial charge < -0.3 is 14.3 Å². The van der Waals surface area contributed by atoms with E-state index in [1.165, 1.54) is 5.56 Å². The number of nitrogens with one attached hydrogen (secondary N) is 2. The summed E-state index contributed by atoms with van der Waals surface area (Å²) in [7, 11) is 0. The van der Waals surface area contributed by atoms with Gasteiger partial charge >= 0.3 is 0 Å². The number of pyridine rings is 1. The number of hydrogen-bond donors (Lipinski definition) is 2. The van der Waals surface area contributed by atoms with E-state index in [9.17, 15) is 9.59 Å². The number of carbonyl (C=O) groups excluding carboxylic acids is 2. The Balaban J connectivity index is 0.00000122. The van der Waals surface area contributed by atoms with Gasteiger partial charge in [-0.2, -0.15) is 0 Å². The normalized spacial score (nSPS) is 15.9. The van der Waals surface area contributed by atoms with Crippen molar-refractivity contribution in [2.24, 2.45) is 0 Å². The maximum absolute atomic E-state index is 13.0. The van der Waals surface area contributed by atoms with E-state index in [4.69, 9.17) is 4.42 Å². The van der Waals surface area contributed by atoms with Crippen LogP contribution in [0.1, 0.15) is 16.7 Å². The minimum Gasteiger partial charge on any atom is -0.464 e. The summed E-state index contributed by atoms with van der Waals surface area (Å²) < 4.78 is 7.81. The maximum Gasteiger partial charge on any atom is 0.259 e. The van der Waals surface area contributed by atoms with Gasteiger partial charge in [-0.3, -0.25) is 19.9 Å². The Bertz CT molecular complexity index is 1400. The maximum atomic E-state index is 13.0. The number of rotatable bonds is 2. The van der Waals surface area contributed by atoms with E-state index < -0.39 is 11.8 Å². The highest BCUT2D eigenvalue weighted by Crippen LogP contribution is 2.38. The van der Waals surface area contributed by atoms with Crippen molar-refractivity contribution in [3.05, 3.63) is 65.8 Å². The first kappa shape index (κ1) is 22.1. The first-order valence-corrected chi connectivity index (χ1v) is 9.96. The fourth-order valence-electron chi connectivity index (χ4n) is 4.60. The van der Waals surface area contributed by atoms with Crippen LogP contribution in [0.15, 0.2) is 53.5 Å². The van der Waals surface area contributed by atoms with E-state index in [1.54, 1.807) is 24.7 Å². The second-order valence-electron chi connectivity index (χ2n) is 7.61. The summed E-state index contributed by atoms with van der Waals surface area (Å²) in [5, 5.41) is 7.67. The number of hydrogen-bond acceptors (Lipinski definition) is 5. The van der Waals surface area contributed by atoms with Gasteiger partial charge in [-0.25, -0.2) is 0 Å². The molecule has 4 aromatic rings. The van der Waals surface area contributed by atoms with Crippen LogP contribution in [-0.2, 0) is 22.6 Å². The van der Waals surface area contributed by atoms with Crippen molar-refractivity contribution >= 4 is 69.6 Å². The smallest absolute Gasteiger partial charge is 0.259 e. The fourth-order valence-corrected chi connectivity index (χ4v) is 4.60. The lowest BCUT2D eigenvalue weighted by Gasteiger charge is -2.14. The predicted molar refractivity (Wildman–Crippen MR) is 127 cm³/mol. The van der Waals surface area contributed by atoms with E-state index in [1.807, 2.05) is 18.3 Å². The van der Waals surface area contributed by atoms with Gasteiger partial charge in [0, 0.05) is 53.6 Å². The largest absolute Gasteiger partial charge is 0.464 e. The third kappa shape index (κ3) is 3.21. The third-order valence-electron chi connectivity index (χ3n) is 5.91. The molecule has 32 heavy (non-hydrogen) atoms. The second kappa shape index (κ2) is 8.43. The van der Waals surface area contributed by atoms with Crippen LogP contribution in [0, 0.1) is 0 Å². The minimum absolute atomic E-state index is 0. The van der Waals surface area contributed by atoms with E-state index >= 15 is 0 Å². The van der Waals surface area contributed by atoms with Crippen LogP contribution in [0.5, 0.6) is 0 Å². The highest BCUT2D eigenvalue weighted by atomic mass is 35.5. The van der Waals surface area contributed by atoms with Crippen molar-refractivity contribution in [2.45, 2.75) is 13.0 Å². The van der Waals surface area contributed by atoms with Crippen LogP contribution >= 0.6 is 24.8 Å². The molecule has 0 bridgehead atoms. The monoisotopic (exact) mass is 470 g/mol. The zero-order valence-electron chi connectivity index (χ0n) is 16.9. The number of halogens is 2. The Hall–Kier alpha value is -3.13.